The van der Waals surface area contributed by atoms with E-state index in [0.29, 0.717) is 12.0 Å². The molecule has 172 valence electrons. The Labute approximate surface area is 193 Å². The molecule has 0 radical (unpaired) electrons. The fourth-order valence-corrected chi connectivity index (χ4v) is 4.36. The van der Waals surface area contributed by atoms with E-state index in [1.807, 2.05) is 12.3 Å². The van der Waals surface area contributed by atoms with Gasteiger partial charge in [0.15, 0.2) is 0 Å². The summed E-state index contributed by atoms with van der Waals surface area (Å²) in [6, 6.07) is 6.69. The van der Waals surface area contributed by atoms with E-state index >= 15 is 0 Å². The molecule has 2 heterocycles. The van der Waals surface area contributed by atoms with Crippen LogP contribution >= 0.6 is 0 Å². The molecule has 2 aliphatic rings. The molecule has 2 N–H and O–H groups in total. The van der Waals surface area contributed by atoms with Gasteiger partial charge in [-0.05, 0) is 96.3 Å². The van der Waals surface area contributed by atoms with Gasteiger partial charge < -0.3 is 19.9 Å². The topological polar surface area (TPSA) is 68.3 Å². The number of aromatic nitrogens is 2. The van der Waals surface area contributed by atoms with Gasteiger partial charge in [-0.2, -0.15) is 4.98 Å². The van der Waals surface area contributed by atoms with Crippen LogP contribution < -0.4 is 16.1 Å². The maximum absolute atomic E-state index is 6.22. The smallest absolute Gasteiger partial charge is 0.399 e. The van der Waals surface area contributed by atoms with E-state index in [1.165, 1.54) is 25.7 Å². The normalized spacial score (nSPS) is 24.4. The Morgan fingerprint density at radius 2 is 1.62 bits per heavy atom. The number of nitrogens with zero attached hydrogens (tertiary/aromatic N) is 2. The van der Waals surface area contributed by atoms with Crippen LogP contribution in [-0.4, -0.2) is 34.3 Å². The lowest BCUT2D eigenvalue weighted by Crippen LogP contribution is -2.41. The summed E-state index contributed by atoms with van der Waals surface area (Å²) < 4.78 is 12.4. The van der Waals surface area contributed by atoms with E-state index in [1.54, 1.807) is 0 Å². The van der Waals surface area contributed by atoms with Crippen LogP contribution in [0.5, 0.6) is 0 Å². The average molecular weight is 436 g/mol. The molecule has 1 aliphatic carbocycles. The van der Waals surface area contributed by atoms with Crippen LogP contribution in [-0.2, 0) is 9.31 Å². The Hall–Kier alpha value is -2.12. The van der Waals surface area contributed by atoms with Crippen molar-refractivity contribution in [3.8, 4) is 0 Å². The molecule has 1 saturated carbocycles. The fourth-order valence-electron chi connectivity index (χ4n) is 4.36. The molecule has 0 amide bonds. The lowest BCUT2D eigenvalue weighted by atomic mass is 9.76. The largest absolute Gasteiger partial charge is 0.495 e. The zero-order valence-corrected chi connectivity index (χ0v) is 20.6. The van der Waals surface area contributed by atoms with E-state index in [2.05, 4.69) is 76.2 Å². The fraction of sp³-hybridized carbons (Fsp3) is 0.600. The Morgan fingerprint density at radius 3 is 2.25 bits per heavy atom. The van der Waals surface area contributed by atoms with Gasteiger partial charge >= 0.3 is 7.12 Å². The molecule has 7 heteroatoms. The standard InChI is InChI=1S/C25H37BN4O2/c1-16-8-10-19(11-9-16)28-22-18(3)15-27-23(30-22)29-20-12-13-21(17(2)14-20)26-31-24(4,5)25(6,7)32-26/h12-16,19H,8-11H2,1-7H3,(H2,27,28,29,30). The minimum absolute atomic E-state index is 0.351. The zero-order chi connectivity index (χ0) is 23.1. The molecule has 32 heavy (non-hydrogen) atoms. The first kappa shape index (κ1) is 23.1. The summed E-state index contributed by atoms with van der Waals surface area (Å²) in [4.78, 5) is 9.26. The average Bonchev–Trinajstić information content (AvgIpc) is 2.93. The van der Waals surface area contributed by atoms with Crippen molar-refractivity contribution >= 4 is 30.0 Å². The summed E-state index contributed by atoms with van der Waals surface area (Å²) in [6.07, 6.45) is 6.84. The molecule has 0 spiro atoms. The summed E-state index contributed by atoms with van der Waals surface area (Å²) in [5, 5.41) is 7.01. The highest BCUT2D eigenvalue weighted by molar-refractivity contribution is 6.62. The predicted octanol–water partition coefficient (Wildman–Crippen LogP) is 5.13. The molecule has 2 aromatic rings. The van der Waals surface area contributed by atoms with Gasteiger partial charge in [0.1, 0.15) is 5.82 Å². The molecule has 4 rings (SSSR count). The quantitative estimate of drug-likeness (QED) is 0.634. The summed E-state index contributed by atoms with van der Waals surface area (Å²) in [6.45, 7) is 14.8. The van der Waals surface area contributed by atoms with E-state index in [9.17, 15) is 0 Å². The molecular weight excluding hydrogens is 399 g/mol. The number of hydrogen-bond acceptors (Lipinski definition) is 6. The summed E-state index contributed by atoms with van der Waals surface area (Å²) in [5.74, 6) is 2.36. The highest BCUT2D eigenvalue weighted by Gasteiger charge is 2.52. The van der Waals surface area contributed by atoms with Gasteiger partial charge in [-0.3, -0.25) is 0 Å². The molecular formula is C25H37BN4O2. The highest BCUT2D eigenvalue weighted by atomic mass is 16.7. The lowest BCUT2D eigenvalue weighted by molar-refractivity contribution is 0.00578. The number of aryl methyl sites for hydroxylation is 2. The minimum atomic E-state index is -0.362. The Balaban J connectivity index is 1.46. The number of benzene rings is 1. The van der Waals surface area contributed by atoms with Crippen molar-refractivity contribution in [2.75, 3.05) is 10.6 Å². The molecule has 0 atom stereocenters. The molecule has 1 saturated heterocycles. The van der Waals surface area contributed by atoms with Crippen LogP contribution in [0.25, 0.3) is 0 Å². The second kappa shape index (κ2) is 8.67. The van der Waals surface area contributed by atoms with E-state index in [0.717, 1.165) is 34.0 Å². The molecule has 6 nitrogen and oxygen atoms in total. The van der Waals surface area contributed by atoms with Crippen LogP contribution in [0.1, 0.15) is 71.4 Å². The zero-order valence-electron chi connectivity index (χ0n) is 20.6. The van der Waals surface area contributed by atoms with E-state index in [-0.39, 0.29) is 18.3 Å². The van der Waals surface area contributed by atoms with Crippen molar-refractivity contribution in [2.24, 2.45) is 5.92 Å². The van der Waals surface area contributed by atoms with E-state index < -0.39 is 0 Å². The summed E-state index contributed by atoms with van der Waals surface area (Å²) >= 11 is 0. The van der Waals surface area contributed by atoms with E-state index in [4.69, 9.17) is 14.3 Å². The van der Waals surface area contributed by atoms with Crippen LogP contribution in [0.15, 0.2) is 24.4 Å². The molecule has 1 aliphatic heterocycles. The number of hydrogen-bond donors (Lipinski definition) is 2. The van der Waals surface area contributed by atoms with Crippen molar-refractivity contribution in [2.45, 2.75) is 91.4 Å². The van der Waals surface area contributed by atoms with Gasteiger partial charge in [0.05, 0.1) is 11.2 Å². The second-order valence-corrected chi connectivity index (χ2v) is 10.6. The monoisotopic (exact) mass is 436 g/mol. The third-order valence-electron chi connectivity index (χ3n) is 7.36. The molecule has 1 aromatic carbocycles. The van der Waals surface area contributed by atoms with Crippen LogP contribution in [0.3, 0.4) is 0 Å². The van der Waals surface area contributed by atoms with Crippen molar-refractivity contribution in [3.05, 3.63) is 35.5 Å². The third kappa shape index (κ3) is 4.79. The maximum atomic E-state index is 6.22. The molecule has 2 fully saturated rings. The molecule has 1 aromatic heterocycles. The Kier molecular flexibility index (Phi) is 6.25. The van der Waals surface area contributed by atoms with Gasteiger partial charge in [0.2, 0.25) is 5.95 Å². The van der Waals surface area contributed by atoms with Crippen LogP contribution in [0.2, 0.25) is 0 Å². The van der Waals surface area contributed by atoms with Crippen molar-refractivity contribution in [3.63, 3.8) is 0 Å². The number of rotatable bonds is 5. The van der Waals surface area contributed by atoms with Crippen molar-refractivity contribution < 1.29 is 9.31 Å². The lowest BCUT2D eigenvalue weighted by Gasteiger charge is -2.32. The second-order valence-electron chi connectivity index (χ2n) is 10.6. The summed E-state index contributed by atoms with van der Waals surface area (Å²) in [5.41, 5.74) is 3.47. The SMILES string of the molecule is Cc1cc(Nc2ncc(C)c(NC3CCC(C)CC3)n2)ccc1B1OC(C)(C)C(C)(C)O1. The first-order chi connectivity index (χ1) is 15.0. The molecule has 0 unspecified atom stereocenters. The van der Waals surface area contributed by atoms with Gasteiger partial charge in [-0.15, -0.1) is 0 Å². The predicted molar refractivity (Wildman–Crippen MR) is 132 cm³/mol. The van der Waals surface area contributed by atoms with Crippen LogP contribution in [0, 0.1) is 19.8 Å². The first-order valence-corrected chi connectivity index (χ1v) is 11.9. The van der Waals surface area contributed by atoms with Gasteiger partial charge in [-0.1, -0.05) is 13.0 Å². The van der Waals surface area contributed by atoms with Crippen molar-refractivity contribution in [1.82, 2.24) is 9.97 Å². The minimum Gasteiger partial charge on any atom is -0.399 e. The number of anilines is 3. The third-order valence-corrected chi connectivity index (χ3v) is 7.36. The Bertz CT molecular complexity index is 954. The summed E-state index contributed by atoms with van der Waals surface area (Å²) in [7, 11) is -0.362. The maximum Gasteiger partial charge on any atom is 0.495 e. The Morgan fingerprint density at radius 1 is 0.969 bits per heavy atom. The van der Waals surface area contributed by atoms with Gasteiger partial charge in [0.25, 0.3) is 0 Å². The van der Waals surface area contributed by atoms with Gasteiger partial charge in [-0.25, -0.2) is 4.98 Å². The molecule has 0 bridgehead atoms. The van der Waals surface area contributed by atoms with Gasteiger partial charge in [0, 0.05) is 23.5 Å². The van der Waals surface area contributed by atoms with Crippen LogP contribution in [0.4, 0.5) is 17.5 Å². The highest BCUT2D eigenvalue weighted by Crippen LogP contribution is 2.37. The first-order valence-electron chi connectivity index (χ1n) is 11.9. The number of nitrogens with one attached hydrogen (secondary N) is 2. The van der Waals surface area contributed by atoms with Crippen molar-refractivity contribution in [1.29, 1.82) is 0 Å².